The first-order valence-corrected chi connectivity index (χ1v) is 6.33. The Bertz CT molecular complexity index is 203. The van der Waals surface area contributed by atoms with Crippen LogP contribution >= 0.6 is 24.8 Å². The van der Waals surface area contributed by atoms with Crippen molar-refractivity contribution in [2.75, 3.05) is 26.2 Å². The van der Waals surface area contributed by atoms with E-state index in [1.54, 1.807) is 0 Å². The number of nitrogens with zero attached hydrogens (tertiary/aromatic N) is 1. The van der Waals surface area contributed by atoms with E-state index in [4.69, 9.17) is 0 Å². The number of rotatable bonds is 1. The zero-order chi connectivity index (χ0) is 9.43. The smallest absolute Gasteiger partial charge is 0.0106 e. The number of hydrogen-bond acceptors (Lipinski definition) is 2. The van der Waals surface area contributed by atoms with Crippen molar-refractivity contribution in [1.82, 2.24) is 10.2 Å². The van der Waals surface area contributed by atoms with Crippen molar-refractivity contribution in [1.29, 1.82) is 0 Å². The van der Waals surface area contributed by atoms with E-state index in [9.17, 15) is 0 Å². The van der Waals surface area contributed by atoms with Crippen LogP contribution in [0.5, 0.6) is 0 Å². The molecule has 0 amide bonds. The predicted octanol–water partition coefficient (Wildman–Crippen LogP) is 2.46. The summed E-state index contributed by atoms with van der Waals surface area (Å²) in [6.45, 7) is 5.32. The molecule has 1 spiro atoms. The summed E-state index contributed by atoms with van der Waals surface area (Å²) in [7, 11) is 0. The molecule has 1 N–H and O–H groups in total. The molecule has 0 bridgehead atoms. The molecule has 0 unspecified atom stereocenters. The van der Waals surface area contributed by atoms with E-state index in [-0.39, 0.29) is 24.8 Å². The van der Waals surface area contributed by atoms with Gasteiger partial charge in [-0.2, -0.15) is 0 Å². The van der Waals surface area contributed by atoms with Crippen molar-refractivity contribution >= 4 is 24.8 Å². The summed E-state index contributed by atoms with van der Waals surface area (Å²) >= 11 is 0. The fraction of sp³-hybridized carbons (Fsp3) is 1.00. The van der Waals surface area contributed by atoms with Crippen molar-refractivity contribution in [2.24, 2.45) is 5.41 Å². The standard InChI is InChI=1S/C12H22N2.2ClH/c1-2-8-14(7-1)11-9-12(10-11)3-5-13-6-4-12;;/h11,13H,1-10H2;2*1H. The lowest BCUT2D eigenvalue weighted by molar-refractivity contribution is -0.0108. The first-order chi connectivity index (χ1) is 6.88. The first-order valence-electron chi connectivity index (χ1n) is 6.33. The van der Waals surface area contributed by atoms with Crippen LogP contribution in [-0.4, -0.2) is 37.1 Å². The lowest BCUT2D eigenvalue weighted by Crippen LogP contribution is -2.53. The lowest BCUT2D eigenvalue weighted by atomic mass is 9.60. The van der Waals surface area contributed by atoms with Gasteiger partial charge in [0, 0.05) is 6.04 Å². The number of nitrogens with one attached hydrogen (secondary N) is 1. The SMILES string of the molecule is C1CCN(C2CC3(CCNCC3)C2)C1.Cl.Cl. The van der Waals surface area contributed by atoms with E-state index in [0.29, 0.717) is 0 Å². The van der Waals surface area contributed by atoms with Gasteiger partial charge in [-0.25, -0.2) is 0 Å². The number of hydrogen-bond donors (Lipinski definition) is 1. The molecule has 2 aliphatic heterocycles. The van der Waals surface area contributed by atoms with Crippen LogP contribution in [-0.2, 0) is 0 Å². The highest BCUT2D eigenvalue weighted by atomic mass is 35.5. The second-order valence-electron chi connectivity index (χ2n) is 5.56. The summed E-state index contributed by atoms with van der Waals surface area (Å²) in [5, 5.41) is 3.48. The third-order valence-electron chi connectivity index (χ3n) is 4.66. The minimum atomic E-state index is 0. The van der Waals surface area contributed by atoms with Crippen LogP contribution in [0.15, 0.2) is 0 Å². The topological polar surface area (TPSA) is 15.3 Å². The van der Waals surface area contributed by atoms with E-state index in [2.05, 4.69) is 10.2 Å². The molecular formula is C12H24Cl2N2. The molecule has 3 fully saturated rings. The van der Waals surface area contributed by atoms with Gasteiger partial charge in [0.05, 0.1) is 0 Å². The monoisotopic (exact) mass is 266 g/mol. The summed E-state index contributed by atoms with van der Waals surface area (Å²) in [4.78, 5) is 2.74. The van der Waals surface area contributed by atoms with Crippen LogP contribution in [0.4, 0.5) is 0 Å². The quantitative estimate of drug-likeness (QED) is 0.785. The molecule has 0 aromatic heterocycles. The molecule has 0 aromatic carbocycles. The maximum atomic E-state index is 3.48. The van der Waals surface area contributed by atoms with Gasteiger partial charge >= 0.3 is 0 Å². The molecule has 3 rings (SSSR count). The average Bonchev–Trinajstić information content (AvgIpc) is 2.68. The maximum absolute atomic E-state index is 3.48. The Kier molecular flexibility index (Phi) is 5.37. The summed E-state index contributed by atoms with van der Waals surface area (Å²) in [5.74, 6) is 0. The van der Waals surface area contributed by atoms with Gasteiger partial charge in [-0.1, -0.05) is 0 Å². The third kappa shape index (κ3) is 2.66. The largest absolute Gasteiger partial charge is 0.317 e. The molecule has 16 heavy (non-hydrogen) atoms. The van der Waals surface area contributed by atoms with Gasteiger partial charge in [-0.3, -0.25) is 0 Å². The second kappa shape index (κ2) is 5.90. The molecule has 2 saturated heterocycles. The van der Waals surface area contributed by atoms with E-state index < -0.39 is 0 Å². The molecule has 0 atom stereocenters. The first kappa shape index (κ1) is 14.6. The molecule has 2 heterocycles. The Balaban J connectivity index is 0.000000640. The van der Waals surface area contributed by atoms with Crippen molar-refractivity contribution in [3.63, 3.8) is 0 Å². The summed E-state index contributed by atoms with van der Waals surface area (Å²) in [6.07, 6.45) is 8.80. The molecule has 3 aliphatic rings. The van der Waals surface area contributed by atoms with Gasteiger partial charge in [-0.15, -0.1) is 24.8 Å². The van der Waals surface area contributed by atoms with Gasteiger partial charge in [0.15, 0.2) is 0 Å². The fourth-order valence-corrected chi connectivity index (χ4v) is 3.67. The molecule has 0 aromatic rings. The van der Waals surface area contributed by atoms with E-state index in [1.807, 2.05) is 0 Å². The van der Waals surface area contributed by atoms with Gasteiger partial charge in [0.2, 0.25) is 0 Å². The summed E-state index contributed by atoms with van der Waals surface area (Å²) in [5.41, 5.74) is 0.776. The van der Waals surface area contributed by atoms with Crippen molar-refractivity contribution in [3.05, 3.63) is 0 Å². The van der Waals surface area contributed by atoms with E-state index >= 15 is 0 Å². The van der Waals surface area contributed by atoms with Crippen LogP contribution < -0.4 is 5.32 Å². The normalized spacial score (nSPS) is 29.2. The van der Waals surface area contributed by atoms with Crippen molar-refractivity contribution in [3.8, 4) is 0 Å². The Morgan fingerprint density at radius 3 is 2.06 bits per heavy atom. The molecule has 96 valence electrons. The van der Waals surface area contributed by atoms with Gasteiger partial charge in [-0.05, 0) is 70.1 Å². The number of piperidine rings is 1. The predicted molar refractivity (Wildman–Crippen MR) is 72.9 cm³/mol. The summed E-state index contributed by atoms with van der Waals surface area (Å²) in [6, 6.07) is 0.968. The third-order valence-corrected chi connectivity index (χ3v) is 4.66. The van der Waals surface area contributed by atoms with Gasteiger partial charge in [0.1, 0.15) is 0 Å². The minimum absolute atomic E-state index is 0. The van der Waals surface area contributed by atoms with Crippen LogP contribution in [0.2, 0.25) is 0 Å². The van der Waals surface area contributed by atoms with E-state index in [0.717, 1.165) is 11.5 Å². The molecule has 1 saturated carbocycles. The minimum Gasteiger partial charge on any atom is -0.317 e. The maximum Gasteiger partial charge on any atom is 0.0106 e. The molecule has 4 heteroatoms. The summed E-state index contributed by atoms with van der Waals surface area (Å²) < 4.78 is 0. The molecular weight excluding hydrogens is 243 g/mol. The molecule has 0 radical (unpaired) electrons. The highest BCUT2D eigenvalue weighted by molar-refractivity contribution is 5.85. The molecule has 1 aliphatic carbocycles. The van der Waals surface area contributed by atoms with Gasteiger partial charge < -0.3 is 10.2 Å². The van der Waals surface area contributed by atoms with Crippen molar-refractivity contribution in [2.45, 2.75) is 44.6 Å². The highest BCUT2D eigenvalue weighted by Gasteiger charge is 2.46. The molecule has 2 nitrogen and oxygen atoms in total. The Morgan fingerprint density at radius 1 is 0.938 bits per heavy atom. The van der Waals surface area contributed by atoms with Crippen LogP contribution in [0.3, 0.4) is 0 Å². The Morgan fingerprint density at radius 2 is 1.50 bits per heavy atom. The Labute approximate surface area is 111 Å². The number of likely N-dealkylation sites (tertiary alicyclic amines) is 1. The second-order valence-corrected chi connectivity index (χ2v) is 5.56. The van der Waals surface area contributed by atoms with Crippen LogP contribution in [0.1, 0.15) is 38.5 Å². The zero-order valence-corrected chi connectivity index (χ0v) is 11.5. The zero-order valence-electron chi connectivity index (χ0n) is 9.91. The highest BCUT2D eigenvalue weighted by Crippen LogP contribution is 2.50. The number of halogens is 2. The van der Waals surface area contributed by atoms with Gasteiger partial charge in [0.25, 0.3) is 0 Å². The van der Waals surface area contributed by atoms with E-state index in [1.165, 1.54) is 64.7 Å². The lowest BCUT2D eigenvalue weighted by Gasteiger charge is -2.53. The average molecular weight is 267 g/mol. The Hall–Kier alpha value is 0.500. The fourth-order valence-electron chi connectivity index (χ4n) is 3.67. The van der Waals surface area contributed by atoms with Crippen LogP contribution in [0.25, 0.3) is 0 Å². The van der Waals surface area contributed by atoms with Crippen LogP contribution in [0, 0.1) is 5.41 Å². The van der Waals surface area contributed by atoms with Crippen molar-refractivity contribution < 1.29 is 0 Å².